The van der Waals surface area contributed by atoms with E-state index in [0.29, 0.717) is 17.5 Å². The lowest BCUT2D eigenvalue weighted by atomic mass is 9.67. The number of benzene rings is 3. The Kier molecular flexibility index (Phi) is 5.69. The van der Waals surface area contributed by atoms with Crippen molar-refractivity contribution >= 4 is 28.7 Å². The molecule has 5 nitrogen and oxygen atoms in total. The minimum Gasteiger partial charge on any atom is -0.476 e. The number of nitrogens with one attached hydrogen (secondary N) is 1. The second-order valence-corrected chi connectivity index (χ2v) is 7.55. The topological polar surface area (TPSA) is 83.0 Å². The molecule has 160 valence electrons. The molecule has 4 aromatic rings. The minimum atomic E-state index is -1.63. The molecular weight excluding hydrogens is 407 g/mol. The normalized spacial score (nSPS) is 13.6. The Hall–Kier alpha value is -4.06. The van der Waals surface area contributed by atoms with E-state index in [1.807, 2.05) is 55.5 Å². The molecule has 0 amide bonds. The first-order chi connectivity index (χ1) is 15.5. The number of H-pyrrole nitrogens is 1. The number of Topliss-reactive ketones (excluding diaryl/α,β-unsaturated/α-hetero) is 1. The first-order valence-corrected chi connectivity index (χ1v) is 10.2. The number of carboxylic acid groups (broad SMARTS) is 1. The van der Waals surface area contributed by atoms with E-state index in [-0.39, 0.29) is 5.78 Å². The second-order valence-electron chi connectivity index (χ2n) is 7.55. The Morgan fingerprint density at radius 2 is 1.75 bits per heavy atom. The fraction of sp³-hybridized carbons (Fsp3) is 0.115. The molecule has 6 heteroatoms. The van der Waals surface area contributed by atoms with Crippen molar-refractivity contribution < 1.29 is 19.1 Å². The van der Waals surface area contributed by atoms with Crippen LogP contribution in [0, 0.1) is 0 Å². The maximum atomic E-state index is 14.0. The van der Waals surface area contributed by atoms with Crippen LogP contribution in [0.3, 0.4) is 0 Å². The van der Waals surface area contributed by atoms with E-state index in [9.17, 15) is 14.0 Å². The van der Waals surface area contributed by atoms with Gasteiger partial charge in [0.25, 0.3) is 0 Å². The molecule has 0 bridgehead atoms. The molecule has 0 radical (unpaired) electrons. The van der Waals surface area contributed by atoms with E-state index in [2.05, 4.69) is 10.2 Å². The Bertz CT molecular complexity index is 1310. The van der Waals surface area contributed by atoms with E-state index in [1.165, 1.54) is 0 Å². The molecule has 0 spiro atoms. The summed E-state index contributed by atoms with van der Waals surface area (Å²) < 4.78 is 13.4. The van der Waals surface area contributed by atoms with Crippen molar-refractivity contribution in [3.63, 3.8) is 0 Å². The summed E-state index contributed by atoms with van der Waals surface area (Å²) in [5.41, 5.74) is 2.49. The van der Waals surface area contributed by atoms with Gasteiger partial charge in [0.15, 0.2) is 5.78 Å². The second kappa shape index (κ2) is 8.59. The van der Waals surface area contributed by atoms with Gasteiger partial charge in [-0.25, -0.2) is 4.79 Å². The van der Waals surface area contributed by atoms with Crippen LogP contribution in [0.4, 0.5) is 4.39 Å². The molecule has 4 rings (SSSR count). The van der Waals surface area contributed by atoms with E-state index in [4.69, 9.17) is 5.11 Å². The first-order valence-electron chi connectivity index (χ1n) is 10.2. The Morgan fingerprint density at radius 3 is 2.41 bits per heavy atom. The molecule has 0 saturated heterocycles. The van der Waals surface area contributed by atoms with Crippen LogP contribution in [-0.4, -0.2) is 27.1 Å². The van der Waals surface area contributed by atoms with Gasteiger partial charge in [-0.2, -0.15) is 9.49 Å². The highest BCUT2D eigenvalue weighted by atomic mass is 19.1. The summed E-state index contributed by atoms with van der Waals surface area (Å²) in [5.74, 6) is -2.98. The summed E-state index contributed by atoms with van der Waals surface area (Å²) in [4.78, 5) is 24.7. The third kappa shape index (κ3) is 3.71. The Labute approximate surface area is 184 Å². The highest BCUT2D eigenvalue weighted by molar-refractivity contribution is 6.07. The summed E-state index contributed by atoms with van der Waals surface area (Å²) >= 11 is 0. The van der Waals surface area contributed by atoms with Crippen LogP contribution in [0.5, 0.6) is 0 Å². The predicted octanol–water partition coefficient (Wildman–Crippen LogP) is 5.54. The highest BCUT2D eigenvalue weighted by Gasteiger charge is 2.40. The van der Waals surface area contributed by atoms with Gasteiger partial charge >= 0.3 is 5.97 Å². The standard InChI is InChI=1S/C26H21FN2O3/c1-2-26(20-6-4-3-5-7-20,21-12-13-23-19(15-21)16-28-29-23)24(30)18-10-8-17(9-11-18)14-22(27)25(31)32/h3-16H,2H2,1H3,(H,28,29)(H,31,32)/b22-14-. The maximum absolute atomic E-state index is 14.0. The Balaban J connectivity index is 1.84. The maximum Gasteiger partial charge on any atom is 0.364 e. The molecule has 32 heavy (non-hydrogen) atoms. The van der Waals surface area contributed by atoms with Gasteiger partial charge in [-0.3, -0.25) is 9.89 Å². The van der Waals surface area contributed by atoms with Crippen molar-refractivity contribution in [2.75, 3.05) is 0 Å². The number of ketones is 1. The molecule has 0 aliphatic rings. The number of rotatable bonds is 7. The smallest absolute Gasteiger partial charge is 0.364 e. The van der Waals surface area contributed by atoms with E-state index in [1.54, 1.807) is 30.5 Å². The molecular formula is C26H21FN2O3. The van der Waals surface area contributed by atoms with Gasteiger partial charge < -0.3 is 5.11 Å². The molecule has 1 heterocycles. The molecule has 0 fully saturated rings. The van der Waals surface area contributed by atoms with Gasteiger partial charge in [0.1, 0.15) is 0 Å². The van der Waals surface area contributed by atoms with Crippen LogP contribution in [0.2, 0.25) is 0 Å². The predicted molar refractivity (Wildman–Crippen MR) is 121 cm³/mol. The van der Waals surface area contributed by atoms with E-state index < -0.39 is 17.2 Å². The van der Waals surface area contributed by atoms with Crippen LogP contribution in [0.25, 0.3) is 17.0 Å². The number of carboxylic acids is 1. The molecule has 1 atom stereocenters. The Morgan fingerprint density at radius 1 is 1.03 bits per heavy atom. The van der Waals surface area contributed by atoms with Gasteiger partial charge in [0.05, 0.1) is 17.1 Å². The average molecular weight is 428 g/mol. The zero-order chi connectivity index (χ0) is 22.7. The fourth-order valence-electron chi connectivity index (χ4n) is 4.11. The van der Waals surface area contributed by atoms with Crippen LogP contribution in [-0.2, 0) is 10.2 Å². The SMILES string of the molecule is CCC(C(=O)c1ccc(/C=C(\F)C(=O)O)cc1)(c1ccccc1)c1ccc2[nH]ncc2c1. The van der Waals surface area contributed by atoms with Crippen molar-refractivity contribution in [2.45, 2.75) is 18.8 Å². The van der Waals surface area contributed by atoms with Gasteiger partial charge in [-0.15, -0.1) is 0 Å². The summed E-state index contributed by atoms with van der Waals surface area (Å²) in [7, 11) is 0. The molecule has 1 aromatic heterocycles. The first kappa shape index (κ1) is 21.2. The third-order valence-corrected chi connectivity index (χ3v) is 5.79. The number of halogens is 1. The lowest BCUT2D eigenvalue weighted by molar-refractivity contribution is -0.134. The lowest BCUT2D eigenvalue weighted by Gasteiger charge is -2.33. The van der Waals surface area contributed by atoms with Crippen molar-refractivity contribution in [1.82, 2.24) is 10.2 Å². The number of hydrogen-bond acceptors (Lipinski definition) is 3. The molecule has 0 aliphatic carbocycles. The zero-order valence-corrected chi connectivity index (χ0v) is 17.4. The summed E-state index contributed by atoms with van der Waals surface area (Å²) in [5, 5.41) is 16.7. The van der Waals surface area contributed by atoms with Gasteiger partial charge in [0, 0.05) is 10.9 Å². The summed E-state index contributed by atoms with van der Waals surface area (Å²) in [6.45, 7) is 1.98. The van der Waals surface area contributed by atoms with Crippen molar-refractivity contribution in [3.05, 3.63) is 107 Å². The van der Waals surface area contributed by atoms with Gasteiger partial charge in [-0.05, 0) is 41.3 Å². The van der Waals surface area contributed by atoms with Gasteiger partial charge in [0.2, 0.25) is 5.83 Å². The average Bonchev–Trinajstić information content (AvgIpc) is 3.29. The number of aromatic nitrogens is 2. The third-order valence-electron chi connectivity index (χ3n) is 5.79. The van der Waals surface area contributed by atoms with Gasteiger partial charge in [-0.1, -0.05) is 67.6 Å². The summed E-state index contributed by atoms with van der Waals surface area (Å²) in [6, 6.07) is 21.7. The minimum absolute atomic E-state index is 0.0942. The van der Waals surface area contributed by atoms with Crippen molar-refractivity contribution in [3.8, 4) is 0 Å². The monoisotopic (exact) mass is 428 g/mol. The van der Waals surface area contributed by atoms with Crippen molar-refractivity contribution in [2.24, 2.45) is 0 Å². The molecule has 2 N–H and O–H groups in total. The molecule has 0 aliphatic heterocycles. The largest absolute Gasteiger partial charge is 0.476 e. The zero-order valence-electron chi connectivity index (χ0n) is 17.4. The van der Waals surface area contributed by atoms with E-state index >= 15 is 0 Å². The van der Waals surface area contributed by atoms with Crippen LogP contribution in [0.15, 0.2) is 84.8 Å². The number of aromatic amines is 1. The molecule has 1 unspecified atom stereocenters. The van der Waals surface area contributed by atoms with Crippen molar-refractivity contribution in [1.29, 1.82) is 0 Å². The number of carbonyl (C=O) groups is 2. The number of hydrogen-bond donors (Lipinski definition) is 2. The molecule has 0 saturated carbocycles. The number of nitrogens with zero attached hydrogens (tertiary/aromatic N) is 1. The quantitative estimate of drug-likeness (QED) is 0.299. The number of carbonyl (C=O) groups excluding carboxylic acids is 1. The number of fused-ring (bicyclic) bond motifs is 1. The fourth-order valence-corrected chi connectivity index (χ4v) is 4.11. The summed E-state index contributed by atoms with van der Waals surface area (Å²) in [6.07, 6.45) is 3.18. The highest BCUT2D eigenvalue weighted by Crippen LogP contribution is 2.40. The molecule has 3 aromatic carbocycles. The number of aliphatic carboxylic acids is 1. The van der Waals surface area contributed by atoms with Crippen LogP contribution in [0.1, 0.15) is 40.4 Å². The van der Waals surface area contributed by atoms with Crippen LogP contribution < -0.4 is 0 Å². The van der Waals surface area contributed by atoms with E-state index in [0.717, 1.165) is 28.1 Å². The van der Waals surface area contributed by atoms with Crippen LogP contribution >= 0.6 is 0 Å². The lowest BCUT2D eigenvalue weighted by Crippen LogP contribution is -2.36.